The second kappa shape index (κ2) is 14.4. The molecule has 0 aromatic heterocycles. The highest BCUT2D eigenvalue weighted by molar-refractivity contribution is 6.32. The molecule has 4 aromatic rings. The molecule has 1 fully saturated rings. The SMILES string of the molecule is COc1cc(C(=O)/C=C/c2ccccc2Cl)cc(CN2CCN(c3ccc(C(=O)/C=C/c4ccccc4Cl)cc3)CC2)c1O. The third-order valence-corrected chi connectivity index (χ3v) is 8.27. The van der Waals surface area contributed by atoms with Crippen molar-refractivity contribution in [3.63, 3.8) is 0 Å². The maximum Gasteiger partial charge on any atom is 0.186 e. The number of carbonyl (C=O) groups excluding carboxylic acids is 2. The van der Waals surface area contributed by atoms with E-state index < -0.39 is 0 Å². The molecule has 4 aromatic carbocycles. The summed E-state index contributed by atoms with van der Waals surface area (Å²) in [5, 5.41) is 12.0. The van der Waals surface area contributed by atoms with Gasteiger partial charge < -0.3 is 14.7 Å². The fraction of sp³-hybridized carbons (Fsp3) is 0.167. The molecule has 44 heavy (non-hydrogen) atoms. The minimum atomic E-state index is -0.212. The second-order valence-electron chi connectivity index (χ2n) is 10.4. The number of phenolic OH excluding ortho intramolecular Hbond substituents is 1. The summed E-state index contributed by atoms with van der Waals surface area (Å²) in [6, 6.07) is 25.6. The summed E-state index contributed by atoms with van der Waals surface area (Å²) < 4.78 is 5.38. The summed E-state index contributed by atoms with van der Waals surface area (Å²) in [4.78, 5) is 30.2. The maximum absolute atomic E-state index is 13.0. The first-order chi connectivity index (χ1) is 21.3. The lowest BCUT2D eigenvalue weighted by molar-refractivity contribution is 0.103. The summed E-state index contributed by atoms with van der Waals surface area (Å²) >= 11 is 12.4. The first-order valence-corrected chi connectivity index (χ1v) is 15.0. The molecular weight excluding hydrogens is 595 g/mol. The molecule has 0 atom stereocenters. The number of aromatic hydroxyl groups is 1. The highest BCUT2D eigenvalue weighted by Gasteiger charge is 2.21. The quantitative estimate of drug-likeness (QED) is 0.143. The Morgan fingerprint density at radius 3 is 1.86 bits per heavy atom. The van der Waals surface area contributed by atoms with Gasteiger partial charge in [-0.05, 0) is 84.0 Å². The number of rotatable bonds is 10. The average Bonchev–Trinajstić information content (AvgIpc) is 3.05. The van der Waals surface area contributed by atoms with Gasteiger partial charge in [0.1, 0.15) is 0 Å². The lowest BCUT2D eigenvalue weighted by Crippen LogP contribution is -2.46. The number of hydrogen-bond acceptors (Lipinski definition) is 6. The molecule has 0 aliphatic carbocycles. The van der Waals surface area contributed by atoms with Gasteiger partial charge in [-0.1, -0.05) is 59.6 Å². The first-order valence-electron chi connectivity index (χ1n) is 14.2. The van der Waals surface area contributed by atoms with E-state index in [1.165, 1.54) is 19.3 Å². The van der Waals surface area contributed by atoms with Crippen LogP contribution in [-0.4, -0.2) is 54.9 Å². The molecule has 0 radical (unpaired) electrons. The van der Waals surface area contributed by atoms with Crippen LogP contribution in [-0.2, 0) is 6.54 Å². The molecule has 0 amide bonds. The number of halogens is 2. The van der Waals surface area contributed by atoms with E-state index >= 15 is 0 Å². The van der Waals surface area contributed by atoms with Crippen molar-refractivity contribution in [1.29, 1.82) is 0 Å². The normalized spacial score (nSPS) is 13.9. The Morgan fingerprint density at radius 2 is 1.32 bits per heavy atom. The Hall–Kier alpha value is -4.36. The van der Waals surface area contributed by atoms with Gasteiger partial charge in [-0.2, -0.15) is 0 Å². The van der Waals surface area contributed by atoms with Crippen LogP contribution in [0.2, 0.25) is 10.0 Å². The van der Waals surface area contributed by atoms with Gasteiger partial charge in [0, 0.05) is 65.1 Å². The molecular formula is C36H32Cl2N2O4. The number of methoxy groups -OCH3 is 1. The Labute approximate surface area is 267 Å². The van der Waals surface area contributed by atoms with Crippen molar-refractivity contribution in [3.8, 4) is 11.5 Å². The van der Waals surface area contributed by atoms with Gasteiger partial charge in [-0.3, -0.25) is 14.5 Å². The van der Waals surface area contributed by atoms with Crippen LogP contribution < -0.4 is 9.64 Å². The zero-order valence-electron chi connectivity index (χ0n) is 24.3. The van der Waals surface area contributed by atoms with Crippen LogP contribution in [0.5, 0.6) is 11.5 Å². The van der Waals surface area contributed by atoms with Crippen LogP contribution in [0, 0.1) is 0 Å². The summed E-state index contributed by atoms with van der Waals surface area (Å²) in [7, 11) is 1.47. The molecule has 0 bridgehead atoms. The standard InChI is InChI=1S/C36H32Cl2N2O4/c1-44-35-23-28(34(42)17-13-26-7-3-5-9-32(26)38)22-29(36(35)43)24-39-18-20-40(21-19-39)30-14-10-27(11-15-30)33(41)16-12-25-6-2-4-8-31(25)37/h2-17,22-23,43H,18-21,24H2,1H3/b16-12+,17-13+. The second-order valence-corrected chi connectivity index (χ2v) is 11.2. The molecule has 224 valence electrons. The number of hydrogen-bond donors (Lipinski definition) is 1. The zero-order chi connectivity index (χ0) is 31.1. The number of benzene rings is 4. The van der Waals surface area contributed by atoms with Gasteiger partial charge in [0.2, 0.25) is 0 Å². The van der Waals surface area contributed by atoms with Crippen LogP contribution in [0.4, 0.5) is 5.69 Å². The fourth-order valence-corrected chi connectivity index (χ4v) is 5.47. The lowest BCUT2D eigenvalue weighted by atomic mass is 10.0. The zero-order valence-corrected chi connectivity index (χ0v) is 25.8. The van der Waals surface area contributed by atoms with Crippen LogP contribution in [0.25, 0.3) is 12.2 Å². The van der Waals surface area contributed by atoms with Crippen molar-refractivity contribution in [2.45, 2.75) is 6.54 Å². The van der Waals surface area contributed by atoms with E-state index in [1.807, 2.05) is 60.7 Å². The monoisotopic (exact) mass is 626 g/mol. The van der Waals surface area contributed by atoms with Crippen molar-refractivity contribution >= 4 is 52.6 Å². The summed E-state index contributed by atoms with van der Waals surface area (Å²) in [5.41, 5.74) is 4.24. The van der Waals surface area contributed by atoms with Gasteiger partial charge in [0.15, 0.2) is 23.1 Å². The van der Waals surface area contributed by atoms with Crippen LogP contribution in [0.15, 0.2) is 97.1 Å². The molecule has 1 saturated heterocycles. The molecule has 1 aliphatic heterocycles. The van der Waals surface area contributed by atoms with Gasteiger partial charge in [-0.15, -0.1) is 0 Å². The largest absolute Gasteiger partial charge is 0.504 e. The van der Waals surface area contributed by atoms with Crippen molar-refractivity contribution in [1.82, 2.24) is 4.90 Å². The van der Waals surface area contributed by atoms with E-state index in [9.17, 15) is 14.7 Å². The number of piperazine rings is 1. The smallest absolute Gasteiger partial charge is 0.186 e. The molecule has 1 aliphatic rings. The first kappa shape index (κ1) is 31.1. The average molecular weight is 628 g/mol. The molecule has 8 heteroatoms. The van der Waals surface area contributed by atoms with Gasteiger partial charge in [0.25, 0.3) is 0 Å². The molecule has 6 nitrogen and oxygen atoms in total. The third kappa shape index (κ3) is 7.58. The fourth-order valence-electron chi connectivity index (χ4n) is 5.07. The van der Waals surface area contributed by atoms with Crippen molar-refractivity contribution in [2.24, 2.45) is 0 Å². The van der Waals surface area contributed by atoms with Gasteiger partial charge in [0.05, 0.1) is 7.11 Å². The van der Waals surface area contributed by atoms with E-state index in [2.05, 4.69) is 9.80 Å². The van der Waals surface area contributed by atoms with E-state index in [-0.39, 0.29) is 23.1 Å². The lowest BCUT2D eigenvalue weighted by Gasteiger charge is -2.36. The number of anilines is 1. The Bertz CT molecular complexity index is 1710. The van der Waals surface area contributed by atoms with E-state index in [1.54, 1.807) is 36.4 Å². The predicted molar refractivity (Wildman–Crippen MR) is 178 cm³/mol. The number of allylic oxidation sites excluding steroid dienone is 2. The van der Waals surface area contributed by atoms with Crippen molar-refractivity contribution < 1.29 is 19.4 Å². The van der Waals surface area contributed by atoms with E-state index in [4.69, 9.17) is 27.9 Å². The molecule has 5 rings (SSSR count). The topological polar surface area (TPSA) is 70.1 Å². The van der Waals surface area contributed by atoms with Crippen LogP contribution in [0.1, 0.15) is 37.4 Å². The molecule has 1 N–H and O–H groups in total. The molecule has 0 spiro atoms. The highest BCUT2D eigenvalue weighted by Crippen LogP contribution is 2.33. The number of nitrogens with zero attached hydrogens (tertiary/aromatic N) is 2. The van der Waals surface area contributed by atoms with Gasteiger partial charge in [-0.25, -0.2) is 0 Å². The highest BCUT2D eigenvalue weighted by atomic mass is 35.5. The third-order valence-electron chi connectivity index (χ3n) is 7.58. The maximum atomic E-state index is 13.0. The van der Waals surface area contributed by atoms with Crippen molar-refractivity contribution in [3.05, 3.63) is 135 Å². The molecule has 0 unspecified atom stereocenters. The van der Waals surface area contributed by atoms with Crippen LogP contribution in [0.3, 0.4) is 0 Å². The number of ether oxygens (including phenoxy) is 1. The summed E-state index contributed by atoms with van der Waals surface area (Å²) in [6.45, 7) is 3.53. The van der Waals surface area contributed by atoms with E-state index in [0.717, 1.165) is 43.0 Å². The Morgan fingerprint density at radius 1 is 0.773 bits per heavy atom. The minimum absolute atomic E-state index is 0.0328. The van der Waals surface area contributed by atoms with Crippen LogP contribution >= 0.6 is 23.2 Å². The number of phenols is 1. The molecule has 0 saturated carbocycles. The van der Waals surface area contributed by atoms with E-state index in [0.29, 0.717) is 33.3 Å². The van der Waals surface area contributed by atoms with Crippen molar-refractivity contribution in [2.75, 3.05) is 38.2 Å². The number of ketones is 2. The Balaban J connectivity index is 1.20. The molecule has 1 heterocycles. The summed E-state index contributed by atoms with van der Waals surface area (Å²) in [5.74, 6) is -0.00968. The Kier molecular flexibility index (Phi) is 10.2. The predicted octanol–water partition coefficient (Wildman–Crippen LogP) is 7.82. The van der Waals surface area contributed by atoms with Gasteiger partial charge >= 0.3 is 0 Å². The number of carbonyl (C=O) groups is 2. The summed E-state index contributed by atoms with van der Waals surface area (Å²) in [6.07, 6.45) is 6.43. The minimum Gasteiger partial charge on any atom is -0.504 e.